The highest BCUT2D eigenvalue weighted by molar-refractivity contribution is 7.92. The van der Waals surface area contributed by atoms with Crippen molar-refractivity contribution >= 4 is 44.8 Å². The van der Waals surface area contributed by atoms with Gasteiger partial charge < -0.3 is 10.6 Å². The lowest BCUT2D eigenvalue weighted by molar-refractivity contribution is -0.116. The molecule has 2 aromatic rings. The number of carbonyl (C=O) groups excluding carboxylic acids is 2. The third kappa shape index (κ3) is 5.95. The summed E-state index contributed by atoms with van der Waals surface area (Å²) in [5, 5.41) is 5.78. The fourth-order valence-corrected chi connectivity index (χ4v) is 4.14. The smallest absolute Gasteiger partial charge is 0.253 e. The molecule has 7 nitrogen and oxygen atoms in total. The van der Waals surface area contributed by atoms with Gasteiger partial charge in [-0.2, -0.15) is 0 Å². The molecule has 1 atom stereocenters. The number of benzene rings is 2. The first kappa shape index (κ1) is 22.7. The summed E-state index contributed by atoms with van der Waals surface area (Å²) in [6, 6.07) is 11.6. The molecular formula is C20H24ClN3O4S. The zero-order valence-electron chi connectivity index (χ0n) is 16.6. The molecule has 29 heavy (non-hydrogen) atoms. The SMILES string of the molecule is CC(C)NC(=O)c1ccccc1NC(=O)C(C)N(c1cccc(Cl)c1)S(C)(=O)=O. The van der Waals surface area contributed by atoms with Crippen molar-refractivity contribution in [1.29, 1.82) is 0 Å². The molecule has 0 saturated heterocycles. The number of anilines is 2. The van der Waals surface area contributed by atoms with Crippen LogP contribution in [-0.2, 0) is 14.8 Å². The Morgan fingerprint density at radius 1 is 1.03 bits per heavy atom. The number of nitrogens with zero attached hydrogens (tertiary/aromatic N) is 1. The Morgan fingerprint density at radius 3 is 2.28 bits per heavy atom. The lowest BCUT2D eigenvalue weighted by atomic mass is 10.1. The first-order valence-electron chi connectivity index (χ1n) is 8.96. The summed E-state index contributed by atoms with van der Waals surface area (Å²) in [6.07, 6.45) is 1.02. The molecule has 1 unspecified atom stereocenters. The minimum absolute atomic E-state index is 0.0752. The molecule has 9 heteroatoms. The van der Waals surface area contributed by atoms with Gasteiger partial charge in [0.25, 0.3) is 5.91 Å². The summed E-state index contributed by atoms with van der Waals surface area (Å²) in [6.45, 7) is 5.13. The van der Waals surface area contributed by atoms with E-state index in [0.717, 1.165) is 10.6 Å². The average Bonchev–Trinajstić information content (AvgIpc) is 2.60. The van der Waals surface area contributed by atoms with Gasteiger partial charge in [0.2, 0.25) is 15.9 Å². The maximum Gasteiger partial charge on any atom is 0.253 e. The van der Waals surface area contributed by atoms with Gasteiger partial charge in [0.05, 0.1) is 23.2 Å². The normalized spacial score (nSPS) is 12.3. The van der Waals surface area contributed by atoms with Gasteiger partial charge in [-0.25, -0.2) is 8.42 Å². The fraction of sp³-hybridized carbons (Fsp3) is 0.300. The molecule has 0 aliphatic carbocycles. The van der Waals surface area contributed by atoms with Crippen LogP contribution in [0.2, 0.25) is 5.02 Å². The Labute approximate surface area is 176 Å². The van der Waals surface area contributed by atoms with E-state index in [0.29, 0.717) is 10.7 Å². The monoisotopic (exact) mass is 437 g/mol. The first-order chi connectivity index (χ1) is 13.5. The van der Waals surface area contributed by atoms with Gasteiger partial charge in [0, 0.05) is 11.1 Å². The van der Waals surface area contributed by atoms with E-state index in [1.54, 1.807) is 42.5 Å². The van der Waals surface area contributed by atoms with Crippen molar-refractivity contribution in [2.24, 2.45) is 0 Å². The number of rotatable bonds is 7. The van der Waals surface area contributed by atoms with E-state index in [2.05, 4.69) is 10.6 Å². The van der Waals surface area contributed by atoms with Crippen LogP contribution in [0.4, 0.5) is 11.4 Å². The van der Waals surface area contributed by atoms with Crippen molar-refractivity contribution in [3.63, 3.8) is 0 Å². The van der Waals surface area contributed by atoms with Crippen molar-refractivity contribution in [2.75, 3.05) is 15.9 Å². The van der Waals surface area contributed by atoms with Crippen LogP contribution in [0, 0.1) is 0 Å². The van der Waals surface area contributed by atoms with Crippen LogP contribution in [0.3, 0.4) is 0 Å². The Balaban J connectivity index is 2.33. The first-order valence-corrected chi connectivity index (χ1v) is 11.2. The topological polar surface area (TPSA) is 95.6 Å². The number of halogens is 1. The minimum Gasteiger partial charge on any atom is -0.350 e. The highest BCUT2D eigenvalue weighted by atomic mass is 35.5. The lowest BCUT2D eigenvalue weighted by Gasteiger charge is -2.28. The molecule has 0 spiro atoms. The van der Waals surface area contributed by atoms with Crippen LogP contribution >= 0.6 is 11.6 Å². The van der Waals surface area contributed by atoms with E-state index in [1.807, 2.05) is 13.8 Å². The molecule has 2 N–H and O–H groups in total. The van der Waals surface area contributed by atoms with E-state index in [1.165, 1.54) is 13.0 Å². The second-order valence-corrected chi connectivity index (χ2v) is 9.17. The Morgan fingerprint density at radius 2 is 1.69 bits per heavy atom. The lowest BCUT2D eigenvalue weighted by Crippen LogP contribution is -2.45. The number of para-hydroxylation sites is 1. The Hall–Kier alpha value is -2.58. The van der Waals surface area contributed by atoms with E-state index >= 15 is 0 Å². The van der Waals surface area contributed by atoms with Gasteiger partial charge in [-0.15, -0.1) is 0 Å². The fourth-order valence-electron chi connectivity index (χ4n) is 2.79. The summed E-state index contributed by atoms with van der Waals surface area (Å²) in [5.74, 6) is -0.918. The predicted octanol–water partition coefficient (Wildman–Crippen LogP) is 3.27. The Bertz CT molecular complexity index is 1010. The number of carbonyl (C=O) groups is 2. The summed E-state index contributed by atoms with van der Waals surface area (Å²) in [4.78, 5) is 25.3. The maximum absolute atomic E-state index is 12.9. The number of hydrogen-bond donors (Lipinski definition) is 2. The molecule has 2 rings (SSSR count). The molecule has 2 aromatic carbocycles. The summed E-state index contributed by atoms with van der Waals surface area (Å²) in [5.41, 5.74) is 0.853. The van der Waals surface area contributed by atoms with Crippen molar-refractivity contribution in [3.8, 4) is 0 Å². The van der Waals surface area contributed by atoms with Crippen LogP contribution < -0.4 is 14.9 Å². The molecule has 0 aliphatic rings. The highest BCUT2D eigenvalue weighted by Gasteiger charge is 2.30. The van der Waals surface area contributed by atoms with E-state index in [4.69, 9.17) is 11.6 Å². The molecule has 0 heterocycles. The number of amides is 2. The van der Waals surface area contributed by atoms with Crippen LogP contribution in [0.15, 0.2) is 48.5 Å². The summed E-state index contributed by atoms with van der Waals surface area (Å²) >= 11 is 5.98. The third-order valence-electron chi connectivity index (χ3n) is 4.00. The molecule has 0 fully saturated rings. The second kappa shape index (κ2) is 9.28. The standard InChI is InChI=1S/C20H24ClN3O4S/c1-13(2)22-20(26)17-10-5-6-11-18(17)23-19(25)14(3)24(29(4,27)28)16-9-7-8-15(21)12-16/h5-14H,1-4H3,(H,22,26)(H,23,25). The van der Waals surface area contributed by atoms with Crippen molar-refractivity contribution in [1.82, 2.24) is 5.32 Å². The van der Waals surface area contributed by atoms with Gasteiger partial charge in [-0.1, -0.05) is 29.8 Å². The zero-order valence-corrected chi connectivity index (χ0v) is 18.2. The van der Waals surface area contributed by atoms with Crippen LogP contribution in [-0.4, -0.2) is 38.6 Å². The number of hydrogen-bond acceptors (Lipinski definition) is 4. The molecular weight excluding hydrogens is 414 g/mol. The predicted molar refractivity (Wildman–Crippen MR) is 116 cm³/mol. The van der Waals surface area contributed by atoms with E-state index in [9.17, 15) is 18.0 Å². The minimum atomic E-state index is -3.78. The summed E-state index contributed by atoms with van der Waals surface area (Å²) in [7, 11) is -3.78. The van der Waals surface area contributed by atoms with Crippen molar-refractivity contribution in [2.45, 2.75) is 32.9 Å². The molecule has 2 amide bonds. The number of nitrogens with one attached hydrogen (secondary N) is 2. The maximum atomic E-state index is 12.9. The van der Waals surface area contributed by atoms with Crippen LogP contribution in [0.25, 0.3) is 0 Å². The number of sulfonamides is 1. The quantitative estimate of drug-likeness (QED) is 0.694. The van der Waals surface area contributed by atoms with Gasteiger partial charge >= 0.3 is 0 Å². The van der Waals surface area contributed by atoms with Crippen LogP contribution in [0.5, 0.6) is 0 Å². The second-order valence-electron chi connectivity index (χ2n) is 6.88. The van der Waals surface area contributed by atoms with Crippen molar-refractivity contribution in [3.05, 3.63) is 59.1 Å². The molecule has 0 saturated carbocycles. The molecule has 156 valence electrons. The van der Waals surface area contributed by atoms with Crippen LogP contribution in [0.1, 0.15) is 31.1 Å². The average molecular weight is 438 g/mol. The third-order valence-corrected chi connectivity index (χ3v) is 5.48. The largest absolute Gasteiger partial charge is 0.350 e. The molecule has 0 radical (unpaired) electrons. The van der Waals surface area contributed by atoms with E-state index in [-0.39, 0.29) is 23.2 Å². The van der Waals surface area contributed by atoms with Crippen molar-refractivity contribution < 1.29 is 18.0 Å². The summed E-state index contributed by atoms with van der Waals surface area (Å²) < 4.78 is 25.7. The van der Waals surface area contributed by atoms with Gasteiger partial charge in [-0.05, 0) is 51.1 Å². The van der Waals surface area contributed by atoms with Gasteiger partial charge in [-0.3, -0.25) is 13.9 Å². The molecule has 0 bridgehead atoms. The highest BCUT2D eigenvalue weighted by Crippen LogP contribution is 2.25. The van der Waals surface area contributed by atoms with Gasteiger partial charge in [0.15, 0.2) is 0 Å². The Kier molecular flexibility index (Phi) is 7.26. The van der Waals surface area contributed by atoms with E-state index < -0.39 is 22.0 Å². The zero-order chi connectivity index (χ0) is 21.8. The molecule has 0 aliphatic heterocycles. The van der Waals surface area contributed by atoms with Gasteiger partial charge in [0.1, 0.15) is 6.04 Å². The molecule has 0 aromatic heterocycles.